The average molecular weight is 510 g/mol. The molecule has 5 rings (SSSR count). The molecule has 10 heteroatoms. The molecule has 1 saturated heterocycles. The molecular formula is C26H25ClFN5O3. The molecule has 2 amide bonds. The first kappa shape index (κ1) is 24.0. The van der Waals surface area contributed by atoms with Crippen molar-refractivity contribution in [2.45, 2.75) is 31.9 Å². The van der Waals surface area contributed by atoms with E-state index >= 15 is 0 Å². The van der Waals surface area contributed by atoms with Gasteiger partial charge in [-0.3, -0.25) is 9.59 Å². The topological polar surface area (TPSA) is 96.5 Å². The molecule has 3 aromatic rings. The van der Waals surface area contributed by atoms with Crippen LogP contribution in [0.4, 0.5) is 16.0 Å². The summed E-state index contributed by atoms with van der Waals surface area (Å²) >= 11 is 6.48. The molecule has 1 saturated carbocycles. The van der Waals surface area contributed by atoms with E-state index in [1.807, 2.05) is 4.90 Å². The van der Waals surface area contributed by atoms with Crippen LogP contribution in [0.1, 0.15) is 35.2 Å². The van der Waals surface area contributed by atoms with Gasteiger partial charge in [0.15, 0.2) is 0 Å². The maximum atomic E-state index is 13.0. The molecule has 0 bridgehead atoms. The van der Waals surface area contributed by atoms with Crippen LogP contribution in [0.3, 0.4) is 0 Å². The molecule has 1 aliphatic carbocycles. The minimum atomic E-state index is -0.296. The molecule has 1 aliphatic heterocycles. The molecule has 2 aromatic heterocycles. The van der Waals surface area contributed by atoms with Crippen LogP contribution in [0.25, 0.3) is 0 Å². The Morgan fingerprint density at radius 1 is 1.11 bits per heavy atom. The number of pyridine rings is 2. The van der Waals surface area contributed by atoms with Crippen LogP contribution >= 0.6 is 11.6 Å². The molecule has 0 radical (unpaired) electrons. The molecule has 2 fully saturated rings. The number of halogens is 2. The van der Waals surface area contributed by atoms with Gasteiger partial charge in [0, 0.05) is 42.9 Å². The summed E-state index contributed by atoms with van der Waals surface area (Å²) in [5.74, 6) is 0.999. The summed E-state index contributed by atoms with van der Waals surface area (Å²) in [6.45, 7) is 1.52. The van der Waals surface area contributed by atoms with Crippen molar-refractivity contribution in [1.29, 1.82) is 0 Å². The molecule has 1 atom stereocenters. The van der Waals surface area contributed by atoms with Gasteiger partial charge in [0.25, 0.3) is 5.91 Å². The molecule has 0 spiro atoms. The Morgan fingerprint density at radius 3 is 2.67 bits per heavy atom. The van der Waals surface area contributed by atoms with E-state index in [0.29, 0.717) is 41.1 Å². The summed E-state index contributed by atoms with van der Waals surface area (Å²) in [7, 11) is 0. The quantitative estimate of drug-likeness (QED) is 0.472. The molecule has 3 heterocycles. The second-order valence-electron chi connectivity index (χ2n) is 8.99. The highest BCUT2D eigenvalue weighted by atomic mass is 35.5. The third-order valence-electron chi connectivity index (χ3n) is 6.16. The first-order valence-electron chi connectivity index (χ1n) is 11.8. The van der Waals surface area contributed by atoms with Gasteiger partial charge in [0.05, 0.1) is 11.2 Å². The first-order chi connectivity index (χ1) is 17.4. The lowest BCUT2D eigenvalue weighted by molar-refractivity contribution is -0.117. The lowest BCUT2D eigenvalue weighted by Crippen LogP contribution is -2.37. The molecule has 2 N–H and O–H groups in total. The first-order valence-corrected chi connectivity index (χ1v) is 12.2. The fraction of sp³-hybridized carbons (Fsp3) is 0.308. The molecule has 1 aromatic carbocycles. The van der Waals surface area contributed by atoms with Gasteiger partial charge >= 0.3 is 0 Å². The Labute approximate surface area is 212 Å². The molecule has 8 nitrogen and oxygen atoms in total. The molecule has 2 aliphatic rings. The van der Waals surface area contributed by atoms with Gasteiger partial charge < -0.3 is 20.3 Å². The molecule has 1 unspecified atom stereocenters. The van der Waals surface area contributed by atoms with E-state index in [9.17, 15) is 14.0 Å². The summed E-state index contributed by atoms with van der Waals surface area (Å²) in [6, 6.07) is 10.9. The fourth-order valence-corrected chi connectivity index (χ4v) is 4.30. The number of aromatic nitrogens is 2. The Balaban J connectivity index is 1.15. The zero-order chi connectivity index (χ0) is 25.1. The van der Waals surface area contributed by atoms with Gasteiger partial charge in [-0.15, -0.1) is 0 Å². The SMILES string of the molecule is O=C(NC1CCN(c2ncc(OCc3ccc(F)cc3)cc2Cl)C1)c1ccnc(NC(=O)C2CC2)c1. The zero-order valence-electron chi connectivity index (χ0n) is 19.4. The van der Waals surface area contributed by atoms with Gasteiger partial charge in [0.1, 0.15) is 29.8 Å². The monoisotopic (exact) mass is 509 g/mol. The minimum absolute atomic E-state index is 0.0530. The van der Waals surface area contributed by atoms with E-state index < -0.39 is 0 Å². The summed E-state index contributed by atoms with van der Waals surface area (Å²) in [4.78, 5) is 35.4. The Kier molecular flexibility index (Phi) is 6.99. The summed E-state index contributed by atoms with van der Waals surface area (Å²) in [6.07, 6.45) is 5.65. The van der Waals surface area contributed by atoms with Gasteiger partial charge in [-0.05, 0) is 49.1 Å². The highest BCUT2D eigenvalue weighted by molar-refractivity contribution is 6.33. The van der Waals surface area contributed by atoms with Crippen molar-refractivity contribution in [3.63, 3.8) is 0 Å². The minimum Gasteiger partial charge on any atom is -0.487 e. The van der Waals surface area contributed by atoms with E-state index in [1.165, 1.54) is 18.3 Å². The van der Waals surface area contributed by atoms with Gasteiger partial charge in [-0.25, -0.2) is 14.4 Å². The van der Waals surface area contributed by atoms with Crippen LogP contribution < -0.4 is 20.3 Å². The van der Waals surface area contributed by atoms with Crippen LogP contribution in [-0.2, 0) is 11.4 Å². The van der Waals surface area contributed by atoms with Crippen molar-refractivity contribution in [1.82, 2.24) is 15.3 Å². The van der Waals surface area contributed by atoms with Crippen molar-refractivity contribution in [3.8, 4) is 5.75 Å². The lowest BCUT2D eigenvalue weighted by Gasteiger charge is -2.20. The largest absolute Gasteiger partial charge is 0.487 e. The van der Waals surface area contributed by atoms with E-state index in [0.717, 1.165) is 24.8 Å². The number of anilines is 2. The van der Waals surface area contributed by atoms with E-state index in [2.05, 4.69) is 20.6 Å². The number of carbonyl (C=O) groups is 2. The second-order valence-corrected chi connectivity index (χ2v) is 9.40. The average Bonchev–Trinajstić information content (AvgIpc) is 3.63. The van der Waals surface area contributed by atoms with Crippen molar-refractivity contribution in [2.24, 2.45) is 5.92 Å². The van der Waals surface area contributed by atoms with Crippen LogP contribution in [0, 0.1) is 11.7 Å². The predicted octanol–water partition coefficient (Wildman–Crippen LogP) is 4.21. The van der Waals surface area contributed by atoms with E-state index in [-0.39, 0.29) is 36.2 Å². The van der Waals surface area contributed by atoms with E-state index in [4.69, 9.17) is 16.3 Å². The number of ether oxygens (including phenoxy) is 1. The van der Waals surface area contributed by atoms with E-state index in [1.54, 1.807) is 36.5 Å². The second kappa shape index (κ2) is 10.5. The highest BCUT2D eigenvalue weighted by Crippen LogP contribution is 2.31. The number of nitrogens with one attached hydrogen (secondary N) is 2. The van der Waals surface area contributed by atoms with Crippen LogP contribution in [0.15, 0.2) is 54.9 Å². The van der Waals surface area contributed by atoms with Gasteiger partial charge in [-0.2, -0.15) is 0 Å². The maximum absolute atomic E-state index is 13.0. The number of rotatable bonds is 8. The standard InChI is InChI=1S/C26H25ClFN5O3/c27-22-12-21(36-15-16-1-5-19(28)6-2-16)13-30-24(22)33-10-8-20(14-33)31-26(35)18-7-9-29-23(11-18)32-25(34)17-3-4-17/h1-2,5-7,9,11-13,17,20H,3-4,8,10,14-15H2,(H,31,35)(H,29,32,34). The predicted molar refractivity (Wildman–Crippen MR) is 134 cm³/mol. The smallest absolute Gasteiger partial charge is 0.251 e. The third-order valence-corrected chi connectivity index (χ3v) is 6.44. The highest BCUT2D eigenvalue weighted by Gasteiger charge is 2.30. The zero-order valence-corrected chi connectivity index (χ0v) is 20.2. The molecule has 186 valence electrons. The van der Waals surface area contributed by atoms with Crippen LogP contribution in [-0.4, -0.2) is 40.9 Å². The number of benzene rings is 1. The summed E-state index contributed by atoms with van der Waals surface area (Å²) in [5.41, 5.74) is 1.27. The number of carbonyl (C=O) groups excluding carboxylic acids is 2. The van der Waals surface area contributed by atoms with Crippen molar-refractivity contribution < 1.29 is 18.7 Å². The normalized spacial score (nSPS) is 17.1. The van der Waals surface area contributed by atoms with Crippen LogP contribution in [0.2, 0.25) is 5.02 Å². The lowest BCUT2D eigenvalue weighted by atomic mass is 10.2. The molecular weight excluding hydrogens is 485 g/mol. The third kappa shape index (κ3) is 5.91. The van der Waals surface area contributed by atoms with Crippen molar-refractivity contribution in [3.05, 3.63) is 76.8 Å². The Bertz CT molecular complexity index is 1270. The number of nitrogens with zero attached hydrogens (tertiary/aromatic N) is 3. The fourth-order valence-electron chi connectivity index (χ4n) is 4.03. The summed E-state index contributed by atoms with van der Waals surface area (Å²) < 4.78 is 18.8. The van der Waals surface area contributed by atoms with Gasteiger partial charge in [-0.1, -0.05) is 23.7 Å². The Hall–Kier alpha value is -3.72. The van der Waals surface area contributed by atoms with Gasteiger partial charge in [0.2, 0.25) is 5.91 Å². The van der Waals surface area contributed by atoms with Crippen molar-refractivity contribution >= 4 is 35.1 Å². The number of hydrogen-bond donors (Lipinski definition) is 2. The number of hydrogen-bond acceptors (Lipinski definition) is 6. The molecule has 36 heavy (non-hydrogen) atoms. The number of amides is 2. The Morgan fingerprint density at radius 2 is 1.92 bits per heavy atom. The summed E-state index contributed by atoms with van der Waals surface area (Å²) in [5, 5.41) is 6.25. The maximum Gasteiger partial charge on any atom is 0.251 e. The van der Waals surface area contributed by atoms with Crippen molar-refractivity contribution in [2.75, 3.05) is 23.3 Å². The van der Waals surface area contributed by atoms with Crippen LogP contribution in [0.5, 0.6) is 5.75 Å².